The average molecular weight is 1040 g/mol. The van der Waals surface area contributed by atoms with Crippen LogP contribution in [-0.2, 0) is 21.7 Å². The third kappa shape index (κ3) is 7.07. The fourth-order valence-corrected chi connectivity index (χ4v) is 13.9. The zero-order valence-electron chi connectivity index (χ0n) is 47.3. The number of hydrogen-bond donors (Lipinski definition) is 0. The van der Waals surface area contributed by atoms with Gasteiger partial charge in [-0.05, 0) is 174 Å². The number of furan rings is 2. The van der Waals surface area contributed by atoms with Crippen LogP contribution >= 0.6 is 0 Å². The topological polar surface area (TPSA) is 32.8 Å². The Hall–Kier alpha value is -8.86. The minimum Gasteiger partial charge on any atom is -0.454 e. The lowest BCUT2D eigenvalue weighted by molar-refractivity contribution is 0.572. The number of fused-ring (bicyclic) bond motifs is 14. The van der Waals surface area contributed by atoms with Crippen molar-refractivity contribution in [2.24, 2.45) is 0 Å². The monoisotopic (exact) mass is 1040 g/mol. The summed E-state index contributed by atoms with van der Waals surface area (Å²) in [4.78, 5) is 4.74. The van der Waals surface area contributed by atoms with E-state index in [-0.39, 0.29) is 21.7 Å². The molecule has 0 bridgehead atoms. The Bertz CT molecular complexity index is 4430. The van der Waals surface area contributed by atoms with Crippen LogP contribution < -0.4 is 9.80 Å². The lowest BCUT2D eigenvalue weighted by Crippen LogP contribution is -2.17. The Labute approximate surface area is 468 Å². The van der Waals surface area contributed by atoms with E-state index in [1.165, 1.54) is 77.2 Å². The fourth-order valence-electron chi connectivity index (χ4n) is 13.9. The van der Waals surface area contributed by atoms with Crippen molar-refractivity contribution in [3.05, 3.63) is 240 Å². The lowest BCUT2D eigenvalue weighted by Gasteiger charge is -2.26. The largest absolute Gasteiger partial charge is 0.454 e. The van der Waals surface area contributed by atoms with Gasteiger partial charge >= 0.3 is 0 Å². The van der Waals surface area contributed by atoms with Crippen LogP contribution in [0.4, 0.5) is 34.1 Å². The molecule has 11 aromatic carbocycles. The Kier molecular flexibility index (Phi) is 10.2. The molecule has 15 rings (SSSR count). The van der Waals surface area contributed by atoms with E-state index < -0.39 is 0 Å². The van der Waals surface area contributed by atoms with Crippen molar-refractivity contribution in [2.45, 2.75) is 90.9 Å². The molecule has 0 radical (unpaired) electrons. The molecule has 0 spiro atoms. The Balaban J connectivity index is 0.820. The van der Waals surface area contributed by atoms with E-state index >= 15 is 0 Å². The van der Waals surface area contributed by atoms with Crippen LogP contribution in [0.2, 0.25) is 0 Å². The van der Waals surface area contributed by atoms with Gasteiger partial charge in [-0.3, -0.25) is 0 Å². The maximum absolute atomic E-state index is 6.99. The predicted octanol–water partition coefficient (Wildman–Crippen LogP) is 21.9. The van der Waals surface area contributed by atoms with Crippen molar-refractivity contribution in [1.82, 2.24) is 0 Å². The second kappa shape index (κ2) is 16.8. The molecule has 80 heavy (non-hydrogen) atoms. The Morgan fingerprint density at radius 3 is 1.04 bits per heavy atom. The first kappa shape index (κ1) is 48.3. The molecule has 2 aliphatic carbocycles. The van der Waals surface area contributed by atoms with Gasteiger partial charge in [0.25, 0.3) is 0 Å². The number of rotatable bonds is 6. The van der Waals surface area contributed by atoms with E-state index in [9.17, 15) is 0 Å². The summed E-state index contributed by atoms with van der Waals surface area (Å²) < 4.78 is 14.0. The van der Waals surface area contributed by atoms with Crippen LogP contribution in [0.3, 0.4) is 0 Å². The van der Waals surface area contributed by atoms with Crippen molar-refractivity contribution in [3.8, 4) is 22.3 Å². The van der Waals surface area contributed by atoms with E-state index in [0.717, 1.165) is 78.0 Å². The first-order valence-corrected chi connectivity index (χ1v) is 28.4. The fraction of sp³-hybridized carbons (Fsp3) is 0.184. The first-order valence-electron chi connectivity index (χ1n) is 28.4. The van der Waals surface area contributed by atoms with Gasteiger partial charge in [0.05, 0.1) is 11.4 Å². The van der Waals surface area contributed by atoms with Crippen LogP contribution in [0, 0.1) is 0 Å². The smallest absolute Gasteiger partial charge is 0.159 e. The Morgan fingerprint density at radius 1 is 0.300 bits per heavy atom. The summed E-state index contributed by atoms with van der Waals surface area (Å²) in [5, 5.41) is 9.42. The van der Waals surface area contributed by atoms with Gasteiger partial charge in [0.2, 0.25) is 0 Å². The number of hydrogen-bond acceptors (Lipinski definition) is 4. The second-order valence-corrected chi connectivity index (χ2v) is 25.8. The van der Waals surface area contributed by atoms with Crippen LogP contribution in [0.5, 0.6) is 0 Å². The van der Waals surface area contributed by atoms with Gasteiger partial charge in [-0.1, -0.05) is 178 Å². The number of para-hydroxylation sites is 6. The van der Waals surface area contributed by atoms with E-state index in [0.29, 0.717) is 0 Å². The molecule has 2 heterocycles. The lowest BCUT2D eigenvalue weighted by atomic mass is 9.79. The molecule has 0 unspecified atom stereocenters. The summed E-state index contributed by atoms with van der Waals surface area (Å²) in [6.45, 7) is 23.2. The molecule has 2 aliphatic rings. The van der Waals surface area contributed by atoms with Gasteiger partial charge in [-0.2, -0.15) is 0 Å². The normalized spacial score (nSPS) is 14.3. The number of nitrogens with zero attached hydrogens (tertiary/aromatic N) is 2. The average Bonchev–Trinajstić information content (AvgIpc) is 3.03. The van der Waals surface area contributed by atoms with Gasteiger partial charge in [0.1, 0.15) is 11.2 Å². The molecule has 0 saturated heterocycles. The zero-order chi connectivity index (χ0) is 54.8. The highest BCUT2D eigenvalue weighted by Gasteiger charge is 2.42. The van der Waals surface area contributed by atoms with E-state index in [2.05, 4.69) is 285 Å². The molecule has 0 saturated carbocycles. The molecule has 0 aliphatic heterocycles. The molecular weight excluding hydrogens is 973 g/mol. The van der Waals surface area contributed by atoms with Gasteiger partial charge in [-0.15, -0.1) is 0 Å². The highest BCUT2D eigenvalue weighted by Crippen LogP contribution is 2.58. The summed E-state index contributed by atoms with van der Waals surface area (Å²) >= 11 is 0. The molecule has 4 nitrogen and oxygen atoms in total. The van der Waals surface area contributed by atoms with E-state index in [4.69, 9.17) is 8.83 Å². The molecule has 4 heteroatoms. The molecule has 0 N–H and O–H groups in total. The second-order valence-electron chi connectivity index (χ2n) is 25.8. The standard InChI is InChI=1S/C76H64N2O2/c1-73(2,3)61-29-17-25-53-55-27-19-31-67(71(55)79-69(53)61)77(49-21-13-11-14-22-49)51-35-33-45-39-57-59-43-66-60(44-65(59)75(7,8)63(57)41-47(45)37-51)58-40-46-34-36-52(38-48(46)42-64(58)76(66,9)10)78(50-23-15-12-16-24-50)68-32-20-28-56-54-26-18-30-62(74(4,5)6)70(54)80-72(56)68/h11-44H,1-10H3. The molecule has 13 aromatic rings. The third-order valence-electron chi connectivity index (χ3n) is 18.0. The summed E-state index contributed by atoms with van der Waals surface area (Å²) in [6, 6.07) is 76.6. The summed E-state index contributed by atoms with van der Waals surface area (Å²) in [7, 11) is 0. The molecule has 0 fully saturated rings. The molecule has 0 amide bonds. The third-order valence-corrected chi connectivity index (χ3v) is 18.0. The highest BCUT2D eigenvalue weighted by atomic mass is 16.3. The minimum absolute atomic E-state index is 0.0699. The van der Waals surface area contributed by atoms with Crippen molar-refractivity contribution in [2.75, 3.05) is 9.80 Å². The maximum Gasteiger partial charge on any atom is 0.159 e. The molecule has 0 atom stereocenters. The van der Waals surface area contributed by atoms with Crippen LogP contribution in [0.15, 0.2) is 215 Å². The zero-order valence-corrected chi connectivity index (χ0v) is 47.3. The predicted molar refractivity (Wildman–Crippen MR) is 338 cm³/mol. The van der Waals surface area contributed by atoms with Crippen molar-refractivity contribution >= 4 is 99.5 Å². The highest BCUT2D eigenvalue weighted by molar-refractivity contribution is 6.13. The summed E-state index contributed by atoms with van der Waals surface area (Å²) in [6.07, 6.45) is 0. The van der Waals surface area contributed by atoms with Gasteiger partial charge in [0, 0.05) is 66.3 Å². The minimum atomic E-state index is -0.232. The van der Waals surface area contributed by atoms with Crippen LogP contribution in [0.1, 0.15) is 103 Å². The number of anilines is 6. The molecular formula is C76H64N2O2. The van der Waals surface area contributed by atoms with Crippen LogP contribution in [-0.4, -0.2) is 0 Å². The van der Waals surface area contributed by atoms with E-state index in [1.807, 2.05) is 0 Å². The SMILES string of the molecule is CC(C)(C)c1cccc2c1oc1c(N(c3ccccc3)c3ccc4cc5c(cc4c3)C(C)(C)c3cc4c(cc3-5)C(C)(C)c3cc5cc(N(c6ccccc6)c6cccc7c6oc6c(C(C)(C)C)cccc67)ccc5cc3-4)cccc12. The summed E-state index contributed by atoms with van der Waals surface area (Å²) in [5.74, 6) is 0. The first-order chi connectivity index (χ1) is 38.4. The quantitative estimate of drug-likeness (QED) is 0.166. The molecule has 2 aromatic heterocycles. The van der Waals surface area contributed by atoms with Gasteiger partial charge in [-0.25, -0.2) is 0 Å². The van der Waals surface area contributed by atoms with Crippen molar-refractivity contribution < 1.29 is 8.83 Å². The Morgan fingerprint density at radius 2 is 0.650 bits per heavy atom. The van der Waals surface area contributed by atoms with Gasteiger partial charge in [0.15, 0.2) is 11.2 Å². The van der Waals surface area contributed by atoms with Crippen molar-refractivity contribution in [3.63, 3.8) is 0 Å². The maximum atomic E-state index is 6.99. The van der Waals surface area contributed by atoms with Crippen molar-refractivity contribution in [1.29, 1.82) is 0 Å². The number of benzene rings is 11. The molecule has 390 valence electrons. The summed E-state index contributed by atoms with van der Waals surface area (Å²) in [5.41, 5.74) is 22.7. The van der Waals surface area contributed by atoms with E-state index in [1.54, 1.807) is 0 Å². The van der Waals surface area contributed by atoms with Gasteiger partial charge < -0.3 is 18.6 Å². The van der Waals surface area contributed by atoms with Crippen LogP contribution in [0.25, 0.3) is 87.7 Å².